The van der Waals surface area contributed by atoms with E-state index in [0.717, 1.165) is 0 Å². The highest BCUT2D eigenvalue weighted by Crippen LogP contribution is 2.28. The van der Waals surface area contributed by atoms with Crippen molar-refractivity contribution in [3.8, 4) is 0 Å². The summed E-state index contributed by atoms with van der Waals surface area (Å²) in [7, 11) is 0. The predicted octanol–water partition coefficient (Wildman–Crippen LogP) is -6.03. The average Bonchev–Trinajstić information content (AvgIpc) is 2.82. The zero-order valence-electron chi connectivity index (χ0n) is 12.0. The van der Waals surface area contributed by atoms with Crippen molar-refractivity contribution in [1.82, 2.24) is 0 Å². The van der Waals surface area contributed by atoms with Crippen molar-refractivity contribution in [2.24, 2.45) is 0 Å². The Labute approximate surface area is 130 Å². The van der Waals surface area contributed by atoms with E-state index in [0.29, 0.717) is 0 Å². The van der Waals surface area contributed by atoms with Gasteiger partial charge in [-0.2, -0.15) is 0 Å². The Morgan fingerprint density at radius 3 is 2.17 bits per heavy atom. The maximum atomic E-state index is 11.8. The molecular weight excluding hydrogens is 320 g/mol. The van der Waals surface area contributed by atoms with Crippen LogP contribution in [0.25, 0.3) is 0 Å². The van der Waals surface area contributed by atoms with E-state index in [4.69, 9.17) is 24.4 Å². The van der Waals surface area contributed by atoms with E-state index >= 15 is 0 Å². The third-order valence-electron chi connectivity index (χ3n) is 3.94. The summed E-state index contributed by atoms with van der Waals surface area (Å²) in [6.07, 6.45) is -15.9. The Bertz CT molecular complexity index is 380. The topological polar surface area (TPSA) is 192 Å². The molecule has 2 aliphatic rings. The zero-order valence-corrected chi connectivity index (χ0v) is 12.0. The van der Waals surface area contributed by atoms with Crippen LogP contribution in [-0.2, 0) is 14.2 Å². The van der Waals surface area contributed by atoms with Gasteiger partial charge in [-0.15, -0.1) is 0 Å². The zero-order chi connectivity index (χ0) is 17.3. The van der Waals surface area contributed by atoms with Crippen LogP contribution in [0.2, 0.25) is 0 Å². The highest BCUT2D eigenvalue weighted by atomic mass is 16.7. The lowest BCUT2D eigenvalue weighted by Gasteiger charge is -2.41. The number of hydrogen-bond donors (Lipinski definition) is 7. The van der Waals surface area contributed by atoms with Gasteiger partial charge in [0.15, 0.2) is 6.29 Å². The molecule has 2 aliphatic heterocycles. The maximum Gasteiger partial charge on any atom is 0.187 e. The van der Waals surface area contributed by atoms with Gasteiger partial charge in [-0.3, -0.25) is 0 Å². The first-order valence-electron chi connectivity index (χ1n) is 7.06. The normalized spacial score (nSPS) is 49.3. The maximum absolute atomic E-state index is 11.8. The molecule has 11 heteroatoms. The second-order valence-corrected chi connectivity index (χ2v) is 5.51. The molecule has 0 amide bonds. The molecule has 7 N–H and O–H groups in total. The second kappa shape index (κ2) is 7.63. The number of aliphatic hydroxyl groups is 7. The van der Waals surface area contributed by atoms with Gasteiger partial charge in [0.2, 0.25) is 0 Å². The van der Waals surface area contributed by atoms with Gasteiger partial charge >= 0.3 is 0 Å². The Morgan fingerprint density at radius 1 is 0.957 bits per heavy atom. The van der Waals surface area contributed by atoms with Crippen LogP contribution in [0.1, 0.15) is 0 Å². The van der Waals surface area contributed by atoms with Crippen LogP contribution in [0, 0.1) is 0 Å². The lowest BCUT2D eigenvalue weighted by molar-refractivity contribution is -0.506. The molecule has 0 bridgehead atoms. The molecule has 0 aromatic rings. The van der Waals surface area contributed by atoms with Crippen molar-refractivity contribution in [3.05, 3.63) is 0 Å². The van der Waals surface area contributed by atoms with Crippen LogP contribution < -0.4 is 5.11 Å². The monoisotopic (exact) mass is 341 g/mol. The summed E-state index contributed by atoms with van der Waals surface area (Å²) in [5, 5.41) is 78.2. The van der Waals surface area contributed by atoms with E-state index in [1.807, 2.05) is 0 Å². The molecule has 2 saturated heterocycles. The van der Waals surface area contributed by atoms with E-state index in [1.54, 1.807) is 0 Å². The molecule has 0 saturated carbocycles. The largest absolute Gasteiger partial charge is 0.829 e. The fraction of sp³-hybridized carbons (Fsp3) is 1.00. The van der Waals surface area contributed by atoms with E-state index in [-0.39, 0.29) is 0 Å². The summed E-state index contributed by atoms with van der Waals surface area (Å²) in [6, 6.07) is 0. The predicted molar refractivity (Wildman–Crippen MR) is 66.4 cm³/mol. The van der Waals surface area contributed by atoms with Crippen LogP contribution in [0.4, 0.5) is 0 Å². The van der Waals surface area contributed by atoms with Crippen LogP contribution in [-0.4, -0.2) is 110 Å². The van der Waals surface area contributed by atoms with Gasteiger partial charge < -0.3 is 55.1 Å². The molecule has 2 rings (SSSR count). The van der Waals surface area contributed by atoms with Crippen molar-refractivity contribution in [2.45, 2.75) is 61.4 Å². The number of rotatable bonds is 5. The van der Waals surface area contributed by atoms with Gasteiger partial charge in [0.05, 0.1) is 13.2 Å². The minimum absolute atomic E-state index is 0.679. The fourth-order valence-corrected chi connectivity index (χ4v) is 2.56. The van der Waals surface area contributed by atoms with Gasteiger partial charge in [0, 0.05) is 6.29 Å². The SMILES string of the molecule is [O-]C1O[C@@H]([C@H](O)CO)[C@H](O)[C@H]1O[C@H]1O[C@H](CO)[C@@H](O)[C@H](O)[C@H]1O. The third kappa shape index (κ3) is 3.65. The summed E-state index contributed by atoms with van der Waals surface area (Å²) >= 11 is 0. The van der Waals surface area contributed by atoms with Crippen LogP contribution in [0.5, 0.6) is 0 Å². The fourth-order valence-electron chi connectivity index (χ4n) is 2.56. The summed E-state index contributed by atoms with van der Waals surface area (Å²) in [5.41, 5.74) is 0. The third-order valence-corrected chi connectivity index (χ3v) is 3.94. The standard InChI is InChI=1S/C12H21O11/c13-1-3(15)9-8(19)10(11(20)22-9)23-12-7(18)6(17)5(16)4(2-14)21-12/h3-19H,1-2H2/q-1/t3-,4-,5-,6+,7-,8+,9+,10-,11?,12-/m1/s1. The molecule has 23 heavy (non-hydrogen) atoms. The van der Waals surface area contributed by atoms with Crippen molar-refractivity contribution in [2.75, 3.05) is 13.2 Å². The number of aliphatic hydroxyl groups excluding tert-OH is 7. The Balaban J connectivity index is 2.05. The molecule has 0 radical (unpaired) electrons. The molecule has 0 aromatic heterocycles. The van der Waals surface area contributed by atoms with E-state index < -0.39 is 74.6 Å². The van der Waals surface area contributed by atoms with Crippen LogP contribution in [0.3, 0.4) is 0 Å². The van der Waals surface area contributed by atoms with Gasteiger partial charge in [0.25, 0.3) is 0 Å². The smallest absolute Gasteiger partial charge is 0.187 e. The van der Waals surface area contributed by atoms with Crippen LogP contribution >= 0.6 is 0 Å². The lowest BCUT2D eigenvalue weighted by Crippen LogP contribution is -2.61. The highest BCUT2D eigenvalue weighted by Gasteiger charge is 2.49. The van der Waals surface area contributed by atoms with Crippen molar-refractivity contribution in [1.29, 1.82) is 0 Å². The van der Waals surface area contributed by atoms with Gasteiger partial charge in [-0.25, -0.2) is 0 Å². The molecule has 10 atom stereocenters. The molecule has 2 heterocycles. The van der Waals surface area contributed by atoms with Gasteiger partial charge in [0.1, 0.15) is 48.8 Å². The highest BCUT2D eigenvalue weighted by molar-refractivity contribution is 4.93. The van der Waals surface area contributed by atoms with Gasteiger partial charge in [-0.05, 0) is 0 Å². The first kappa shape index (κ1) is 18.9. The Morgan fingerprint density at radius 2 is 1.61 bits per heavy atom. The van der Waals surface area contributed by atoms with E-state index in [1.165, 1.54) is 0 Å². The summed E-state index contributed by atoms with van der Waals surface area (Å²) in [6.45, 7) is -1.43. The minimum Gasteiger partial charge on any atom is -0.829 e. The molecule has 136 valence electrons. The van der Waals surface area contributed by atoms with E-state index in [2.05, 4.69) is 0 Å². The van der Waals surface area contributed by atoms with Crippen molar-refractivity contribution in [3.63, 3.8) is 0 Å². The van der Waals surface area contributed by atoms with Crippen molar-refractivity contribution < 1.29 is 55.1 Å². The number of hydrogen-bond acceptors (Lipinski definition) is 11. The Kier molecular flexibility index (Phi) is 6.27. The summed E-state index contributed by atoms with van der Waals surface area (Å²) in [5.74, 6) is 0. The first-order chi connectivity index (χ1) is 10.8. The molecule has 0 aromatic carbocycles. The van der Waals surface area contributed by atoms with Gasteiger partial charge in [-0.1, -0.05) is 0 Å². The summed E-state index contributed by atoms with van der Waals surface area (Å²) in [4.78, 5) is 0. The molecule has 0 spiro atoms. The quantitative estimate of drug-likeness (QED) is 0.252. The average molecular weight is 341 g/mol. The molecule has 11 nitrogen and oxygen atoms in total. The second-order valence-electron chi connectivity index (χ2n) is 5.51. The minimum atomic E-state index is -1.94. The Hall–Kier alpha value is -0.440. The number of ether oxygens (including phenoxy) is 3. The van der Waals surface area contributed by atoms with Crippen LogP contribution in [0.15, 0.2) is 0 Å². The van der Waals surface area contributed by atoms with Crippen molar-refractivity contribution >= 4 is 0 Å². The molecular formula is C12H21O11-. The molecule has 2 fully saturated rings. The lowest BCUT2D eigenvalue weighted by atomic mass is 9.99. The first-order valence-corrected chi connectivity index (χ1v) is 7.06. The summed E-state index contributed by atoms with van der Waals surface area (Å²) < 4.78 is 15.0. The molecule has 1 unspecified atom stereocenters. The molecule has 0 aliphatic carbocycles. The van der Waals surface area contributed by atoms with E-state index in [9.17, 15) is 30.6 Å².